The molecule has 1 fully saturated rings. The first-order chi connectivity index (χ1) is 20.5. The monoisotopic (exact) mass is 620 g/mol. The first kappa shape index (κ1) is 33.1. The average molecular weight is 621 g/mol. The van der Waals surface area contributed by atoms with Crippen LogP contribution in [0.2, 0.25) is 0 Å². The van der Waals surface area contributed by atoms with Gasteiger partial charge in [0.2, 0.25) is 0 Å². The molecule has 1 saturated heterocycles. The number of likely N-dealkylation sites (tertiary alicyclic amines) is 1. The van der Waals surface area contributed by atoms with Gasteiger partial charge in [0.05, 0.1) is 30.8 Å². The van der Waals surface area contributed by atoms with E-state index in [1.54, 1.807) is 51.8 Å². The van der Waals surface area contributed by atoms with Crippen molar-refractivity contribution in [1.82, 2.24) is 14.9 Å². The number of amides is 1. The third-order valence-electron chi connectivity index (χ3n) is 6.84. The van der Waals surface area contributed by atoms with Crippen molar-refractivity contribution in [3.05, 3.63) is 53.1 Å². The molecule has 1 aliphatic heterocycles. The van der Waals surface area contributed by atoms with Crippen molar-refractivity contribution in [1.29, 1.82) is 0 Å². The number of aryl methyl sites for hydroxylation is 1. The SMILES string of the molecule is COCCOc1cc2c(NCc3cccc(C(F)(F)C(C)(C)O)c3F)nc(C)nc2cc1OC1CN(C(=O)OC(C)(C)C)C1. The summed E-state index contributed by atoms with van der Waals surface area (Å²) in [4.78, 5) is 22.9. The van der Waals surface area contributed by atoms with Crippen molar-refractivity contribution in [2.24, 2.45) is 0 Å². The maximum Gasteiger partial charge on any atom is 0.410 e. The molecule has 2 N–H and O–H groups in total. The Morgan fingerprint density at radius 2 is 1.80 bits per heavy atom. The lowest BCUT2D eigenvalue weighted by atomic mass is 9.92. The van der Waals surface area contributed by atoms with Crippen LogP contribution in [0.3, 0.4) is 0 Å². The number of rotatable bonds is 11. The number of benzene rings is 2. The summed E-state index contributed by atoms with van der Waals surface area (Å²) in [5.41, 5.74) is -3.51. The van der Waals surface area contributed by atoms with Crippen molar-refractivity contribution in [3.63, 3.8) is 0 Å². The number of fused-ring (bicyclic) bond motifs is 1. The van der Waals surface area contributed by atoms with Gasteiger partial charge >= 0.3 is 12.0 Å². The van der Waals surface area contributed by atoms with Gasteiger partial charge in [-0.05, 0) is 53.7 Å². The van der Waals surface area contributed by atoms with Gasteiger partial charge in [-0.1, -0.05) is 12.1 Å². The van der Waals surface area contributed by atoms with Gasteiger partial charge < -0.3 is 34.3 Å². The Labute approximate surface area is 254 Å². The number of aliphatic hydroxyl groups is 1. The number of nitrogens with one attached hydrogen (secondary N) is 1. The van der Waals surface area contributed by atoms with E-state index in [1.165, 1.54) is 12.1 Å². The molecule has 0 aliphatic carbocycles. The van der Waals surface area contributed by atoms with E-state index in [1.807, 2.05) is 0 Å². The molecule has 0 bridgehead atoms. The van der Waals surface area contributed by atoms with Gasteiger partial charge in [-0.2, -0.15) is 8.78 Å². The number of hydrogen-bond donors (Lipinski definition) is 2. The molecule has 0 spiro atoms. The van der Waals surface area contributed by atoms with E-state index in [-0.39, 0.29) is 24.8 Å². The van der Waals surface area contributed by atoms with Gasteiger partial charge in [-0.15, -0.1) is 0 Å². The third-order valence-corrected chi connectivity index (χ3v) is 6.84. The molecule has 4 rings (SSSR count). The summed E-state index contributed by atoms with van der Waals surface area (Å²) in [6.45, 7) is 9.96. The van der Waals surface area contributed by atoms with Crippen molar-refractivity contribution in [2.75, 3.05) is 38.7 Å². The summed E-state index contributed by atoms with van der Waals surface area (Å²) in [7, 11) is 1.55. The number of halogens is 3. The Morgan fingerprint density at radius 3 is 2.43 bits per heavy atom. The van der Waals surface area contributed by atoms with Gasteiger partial charge in [0.15, 0.2) is 11.5 Å². The minimum absolute atomic E-state index is 0.0353. The van der Waals surface area contributed by atoms with Crippen LogP contribution in [0, 0.1) is 12.7 Å². The normalized spacial score (nSPS) is 14.4. The smallest absolute Gasteiger partial charge is 0.410 e. The Morgan fingerprint density at radius 1 is 1.09 bits per heavy atom. The van der Waals surface area contributed by atoms with Crippen LogP contribution in [0.25, 0.3) is 10.9 Å². The quantitative estimate of drug-likeness (QED) is 0.265. The molecular weight excluding hydrogens is 581 g/mol. The lowest BCUT2D eigenvalue weighted by Gasteiger charge is -2.39. The van der Waals surface area contributed by atoms with E-state index < -0.39 is 34.6 Å². The van der Waals surface area contributed by atoms with Crippen LogP contribution in [-0.2, 0) is 21.9 Å². The summed E-state index contributed by atoms with van der Waals surface area (Å²) < 4.78 is 67.5. The zero-order valence-corrected chi connectivity index (χ0v) is 26.0. The maximum absolute atomic E-state index is 15.3. The number of nitrogens with zero attached hydrogens (tertiary/aromatic N) is 3. The summed E-state index contributed by atoms with van der Waals surface area (Å²) in [5.74, 6) is -3.43. The molecule has 0 unspecified atom stereocenters. The predicted molar refractivity (Wildman–Crippen MR) is 158 cm³/mol. The molecule has 0 saturated carbocycles. The van der Waals surface area contributed by atoms with Crippen LogP contribution >= 0.6 is 0 Å². The summed E-state index contributed by atoms with van der Waals surface area (Å²) >= 11 is 0. The van der Waals surface area contributed by atoms with E-state index in [0.29, 0.717) is 53.7 Å². The number of carbonyl (C=O) groups excluding carboxylic acids is 1. The second-order valence-electron chi connectivity index (χ2n) is 12.2. The van der Waals surface area contributed by atoms with Gasteiger partial charge in [-0.25, -0.2) is 19.2 Å². The average Bonchev–Trinajstić information content (AvgIpc) is 2.88. The summed E-state index contributed by atoms with van der Waals surface area (Å²) in [6, 6.07) is 7.03. The van der Waals surface area contributed by atoms with Gasteiger partial charge in [0.25, 0.3) is 0 Å². The highest BCUT2D eigenvalue weighted by atomic mass is 19.3. The summed E-state index contributed by atoms with van der Waals surface area (Å²) in [6.07, 6.45) is -0.722. The van der Waals surface area contributed by atoms with Crippen molar-refractivity contribution < 1.29 is 42.0 Å². The fraction of sp³-hybridized carbons (Fsp3) is 0.516. The number of alkyl halides is 2. The van der Waals surface area contributed by atoms with Crippen LogP contribution in [0.5, 0.6) is 11.5 Å². The number of ether oxygens (including phenoxy) is 4. The van der Waals surface area contributed by atoms with Crippen LogP contribution in [0.4, 0.5) is 23.8 Å². The minimum atomic E-state index is -3.82. The lowest BCUT2D eigenvalue weighted by Crippen LogP contribution is -2.57. The van der Waals surface area contributed by atoms with E-state index in [2.05, 4.69) is 15.3 Å². The molecule has 2 heterocycles. The van der Waals surface area contributed by atoms with E-state index >= 15 is 4.39 Å². The Bertz CT molecular complexity index is 1500. The third kappa shape index (κ3) is 7.44. The lowest BCUT2D eigenvalue weighted by molar-refractivity contribution is -0.170. The molecule has 10 nitrogen and oxygen atoms in total. The van der Waals surface area contributed by atoms with Crippen LogP contribution in [0.1, 0.15) is 51.6 Å². The highest BCUT2D eigenvalue weighted by Gasteiger charge is 2.49. The molecule has 0 radical (unpaired) electrons. The molecule has 2 aromatic carbocycles. The molecule has 1 amide bonds. The van der Waals surface area contributed by atoms with Crippen molar-refractivity contribution in [2.45, 2.75) is 71.3 Å². The molecule has 13 heteroatoms. The molecular formula is C31H39F3N4O6. The highest BCUT2D eigenvalue weighted by molar-refractivity contribution is 5.91. The van der Waals surface area contributed by atoms with Crippen LogP contribution < -0.4 is 14.8 Å². The number of carbonyl (C=O) groups is 1. The minimum Gasteiger partial charge on any atom is -0.487 e. The fourth-order valence-corrected chi connectivity index (χ4v) is 4.46. The molecule has 0 atom stereocenters. The molecule has 3 aromatic rings. The standard InChI is InChI=1S/C31H39F3N4O6/c1-18-36-23-14-25(43-20-16-38(17-20)28(39)44-29(2,3)4)24(42-12-11-41-7)13-21(23)27(37-18)35-15-19-9-8-10-22(26(19)32)31(33,34)30(5,6)40/h8-10,13-14,20,40H,11-12,15-17H2,1-7H3,(H,35,36,37). The van der Waals surface area contributed by atoms with E-state index in [4.69, 9.17) is 18.9 Å². The fourth-order valence-electron chi connectivity index (χ4n) is 4.46. The Hall–Kier alpha value is -3.84. The largest absolute Gasteiger partial charge is 0.487 e. The molecule has 1 aromatic heterocycles. The zero-order valence-electron chi connectivity index (χ0n) is 26.0. The number of aromatic nitrogens is 2. The number of methoxy groups -OCH3 is 1. The van der Waals surface area contributed by atoms with E-state index in [9.17, 15) is 18.7 Å². The van der Waals surface area contributed by atoms with Crippen molar-refractivity contribution in [3.8, 4) is 11.5 Å². The Balaban J connectivity index is 1.59. The number of anilines is 1. The van der Waals surface area contributed by atoms with Crippen LogP contribution in [0.15, 0.2) is 30.3 Å². The van der Waals surface area contributed by atoms with Gasteiger partial charge in [0.1, 0.15) is 41.4 Å². The Kier molecular flexibility index (Phi) is 9.50. The highest BCUT2D eigenvalue weighted by Crippen LogP contribution is 2.41. The first-order valence-electron chi connectivity index (χ1n) is 14.2. The second-order valence-corrected chi connectivity index (χ2v) is 12.2. The molecule has 1 aliphatic rings. The maximum atomic E-state index is 15.3. The second kappa shape index (κ2) is 12.6. The predicted octanol–water partition coefficient (Wildman–Crippen LogP) is 5.58. The number of hydrogen-bond acceptors (Lipinski definition) is 9. The summed E-state index contributed by atoms with van der Waals surface area (Å²) in [5, 5.41) is 13.5. The topological polar surface area (TPSA) is 115 Å². The first-order valence-corrected chi connectivity index (χ1v) is 14.2. The molecule has 44 heavy (non-hydrogen) atoms. The van der Waals surface area contributed by atoms with Crippen molar-refractivity contribution >= 4 is 22.8 Å². The van der Waals surface area contributed by atoms with Crippen LogP contribution in [-0.4, -0.2) is 76.8 Å². The zero-order chi connectivity index (χ0) is 32.4. The van der Waals surface area contributed by atoms with Gasteiger partial charge in [-0.3, -0.25) is 0 Å². The molecule has 240 valence electrons. The van der Waals surface area contributed by atoms with Gasteiger partial charge in [0, 0.05) is 30.7 Å². The van der Waals surface area contributed by atoms with E-state index in [0.717, 1.165) is 19.9 Å².